The highest BCUT2D eigenvalue weighted by atomic mass is 16.4. The number of aromatic nitrogens is 6. The summed E-state index contributed by atoms with van der Waals surface area (Å²) in [4.78, 5) is 11.6. The van der Waals surface area contributed by atoms with E-state index in [1.54, 1.807) is 26.1 Å². The lowest BCUT2D eigenvalue weighted by atomic mass is 9.93. The number of H-pyrrole nitrogens is 1. The zero-order chi connectivity index (χ0) is 13.2. The maximum absolute atomic E-state index is 11.6. The zero-order valence-electron chi connectivity index (χ0n) is 10.2. The van der Waals surface area contributed by atoms with Crippen molar-refractivity contribution in [3.05, 3.63) is 12.3 Å². The quantitative estimate of drug-likeness (QED) is 0.806. The molecular formula is C10H14N6O2. The third-order valence-corrected chi connectivity index (χ3v) is 3.18. The zero-order valence-corrected chi connectivity index (χ0v) is 10.2. The summed E-state index contributed by atoms with van der Waals surface area (Å²) < 4.78 is 1.35. The summed E-state index contributed by atoms with van der Waals surface area (Å²) in [7, 11) is 0. The molecule has 2 aromatic rings. The first-order valence-corrected chi connectivity index (χ1v) is 5.67. The second kappa shape index (κ2) is 4.55. The van der Waals surface area contributed by atoms with Crippen molar-refractivity contribution >= 4 is 5.97 Å². The molecule has 2 N–H and O–H groups in total. The normalized spacial score (nSPS) is 11.7. The Morgan fingerprint density at radius 1 is 1.50 bits per heavy atom. The van der Waals surface area contributed by atoms with Gasteiger partial charge in [-0.2, -0.15) is 5.10 Å². The van der Waals surface area contributed by atoms with Gasteiger partial charge in [-0.15, -0.1) is 5.10 Å². The fourth-order valence-corrected chi connectivity index (χ4v) is 1.97. The molecule has 96 valence electrons. The van der Waals surface area contributed by atoms with E-state index in [1.165, 1.54) is 4.68 Å². The molecule has 2 rings (SSSR count). The maximum Gasteiger partial charge on any atom is 0.331 e. The molecule has 0 spiro atoms. The number of nitrogens with one attached hydrogen (secondary N) is 1. The molecule has 0 aliphatic carbocycles. The first-order valence-electron chi connectivity index (χ1n) is 5.67. The fraction of sp³-hybridized carbons (Fsp3) is 0.500. The number of aliphatic carboxylic acids is 1. The molecule has 0 unspecified atom stereocenters. The minimum atomic E-state index is -1.13. The lowest BCUT2D eigenvalue weighted by molar-refractivity contribution is -0.148. The van der Waals surface area contributed by atoms with Gasteiger partial charge >= 0.3 is 5.97 Å². The number of hydrogen-bond donors (Lipinski definition) is 2. The summed E-state index contributed by atoms with van der Waals surface area (Å²) in [6.45, 7) is 3.60. The molecule has 0 aliphatic rings. The predicted octanol–water partition coefficient (Wildman–Crippen LogP) is 0.663. The van der Waals surface area contributed by atoms with Gasteiger partial charge in [0.1, 0.15) is 5.69 Å². The van der Waals surface area contributed by atoms with Gasteiger partial charge in [0.05, 0.1) is 0 Å². The highest BCUT2D eigenvalue weighted by Gasteiger charge is 2.40. The monoisotopic (exact) mass is 250 g/mol. The van der Waals surface area contributed by atoms with Crippen LogP contribution < -0.4 is 0 Å². The molecule has 18 heavy (non-hydrogen) atoms. The summed E-state index contributed by atoms with van der Waals surface area (Å²) >= 11 is 0. The summed E-state index contributed by atoms with van der Waals surface area (Å²) in [5.74, 6) is -0.570. The van der Waals surface area contributed by atoms with Crippen LogP contribution in [0, 0.1) is 0 Å². The van der Waals surface area contributed by atoms with Gasteiger partial charge in [-0.25, -0.2) is 9.48 Å². The van der Waals surface area contributed by atoms with Crippen LogP contribution in [0.15, 0.2) is 12.3 Å². The smallest absolute Gasteiger partial charge is 0.331 e. The third-order valence-electron chi connectivity index (χ3n) is 3.18. The van der Waals surface area contributed by atoms with E-state index < -0.39 is 11.5 Å². The molecule has 0 radical (unpaired) electrons. The molecule has 0 atom stereocenters. The van der Waals surface area contributed by atoms with E-state index in [9.17, 15) is 9.90 Å². The van der Waals surface area contributed by atoms with Crippen LogP contribution in [0.3, 0.4) is 0 Å². The molecule has 2 aromatic heterocycles. The highest BCUT2D eigenvalue weighted by Crippen LogP contribution is 2.28. The molecule has 8 heteroatoms. The Hall–Kier alpha value is -2.25. The molecule has 0 aliphatic heterocycles. The Morgan fingerprint density at radius 2 is 2.22 bits per heavy atom. The molecule has 0 saturated heterocycles. The van der Waals surface area contributed by atoms with E-state index in [4.69, 9.17) is 0 Å². The fourth-order valence-electron chi connectivity index (χ4n) is 1.97. The largest absolute Gasteiger partial charge is 0.479 e. The van der Waals surface area contributed by atoms with E-state index in [0.29, 0.717) is 24.4 Å². The predicted molar refractivity (Wildman–Crippen MR) is 61.6 cm³/mol. The number of nitrogens with zero attached hydrogens (tertiary/aromatic N) is 5. The van der Waals surface area contributed by atoms with Crippen molar-refractivity contribution in [2.75, 3.05) is 0 Å². The van der Waals surface area contributed by atoms with Crippen LogP contribution >= 0.6 is 0 Å². The van der Waals surface area contributed by atoms with Crippen LogP contribution in [0.25, 0.3) is 11.5 Å². The molecule has 0 bridgehead atoms. The highest BCUT2D eigenvalue weighted by molar-refractivity contribution is 5.77. The summed E-state index contributed by atoms with van der Waals surface area (Å²) in [5.41, 5.74) is -0.545. The molecule has 8 nitrogen and oxygen atoms in total. The molecule has 0 saturated carbocycles. The van der Waals surface area contributed by atoms with E-state index in [0.717, 1.165) is 0 Å². The van der Waals surface area contributed by atoms with Gasteiger partial charge in [-0.1, -0.05) is 13.8 Å². The third kappa shape index (κ3) is 1.66. The number of tetrazole rings is 1. The minimum absolute atomic E-state index is 0.374. The van der Waals surface area contributed by atoms with Crippen molar-refractivity contribution in [2.24, 2.45) is 0 Å². The molecule has 0 aromatic carbocycles. The van der Waals surface area contributed by atoms with Crippen molar-refractivity contribution in [3.8, 4) is 11.5 Å². The van der Waals surface area contributed by atoms with E-state index in [1.807, 2.05) is 0 Å². The lowest BCUT2D eigenvalue weighted by Gasteiger charge is -2.27. The SMILES string of the molecule is CCC(CC)(C(=O)O)n1nnnc1-c1ccn[nH]1. The first-order chi connectivity index (χ1) is 8.65. The number of hydrogen-bond acceptors (Lipinski definition) is 5. The van der Waals surface area contributed by atoms with Gasteiger partial charge in [0, 0.05) is 6.20 Å². The van der Waals surface area contributed by atoms with Gasteiger partial charge in [0.2, 0.25) is 5.82 Å². The van der Waals surface area contributed by atoms with Gasteiger partial charge < -0.3 is 5.11 Å². The van der Waals surface area contributed by atoms with Crippen LogP contribution in [-0.4, -0.2) is 41.5 Å². The summed E-state index contributed by atoms with van der Waals surface area (Å²) in [6, 6.07) is 1.69. The Bertz CT molecular complexity index is 528. The van der Waals surface area contributed by atoms with Crippen molar-refractivity contribution < 1.29 is 9.90 Å². The number of carbonyl (C=O) groups is 1. The van der Waals surface area contributed by atoms with Crippen LogP contribution in [0.5, 0.6) is 0 Å². The standard InChI is InChI=1S/C10H14N6O2/c1-3-10(4-2,9(17)18)16-8(13-14-15-16)7-5-6-11-12-7/h5-6H,3-4H2,1-2H3,(H,11,12)(H,17,18). The summed E-state index contributed by atoms with van der Waals surface area (Å²) in [5, 5.41) is 27.3. The minimum Gasteiger partial charge on any atom is -0.479 e. The molecule has 2 heterocycles. The van der Waals surface area contributed by atoms with Gasteiger partial charge in [0.15, 0.2) is 5.54 Å². The first kappa shape index (κ1) is 12.2. The molecule has 0 fully saturated rings. The maximum atomic E-state index is 11.6. The Morgan fingerprint density at radius 3 is 2.72 bits per heavy atom. The number of carboxylic acids is 1. The number of aromatic amines is 1. The van der Waals surface area contributed by atoms with Crippen molar-refractivity contribution in [3.63, 3.8) is 0 Å². The van der Waals surface area contributed by atoms with Gasteiger partial charge in [-0.05, 0) is 29.3 Å². The topological polar surface area (TPSA) is 110 Å². The number of rotatable bonds is 5. The molecule has 0 amide bonds. The average molecular weight is 250 g/mol. The van der Waals surface area contributed by atoms with Crippen molar-refractivity contribution in [1.82, 2.24) is 30.4 Å². The second-order valence-electron chi connectivity index (χ2n) is 3.93. The Kier molecular flexibility index (Phi) is 3.09. The van der Waals surface area contributed by atoms with Crippen LogP contribution in [-0.2, 0) is 10.3 Å². The summed E-state index contributed by atoms with van der Waals surface area (Å²) in [6.07, 6.45) is 2.35. The van der Waals surface area contributed by atoms with E-state index in [2.05, 4.69) is 25.7 Å². The second-order valence-corrected chi connectivity index (χ2v) is 3.93. The van der Waals surface area contributed by atoms with Gasteiger partial charge in [-0.3, -0.25) is 5.10 Å². The van der Waals surface area contributed by atoms with Crippen LogP contribution in [0.2, 0.25) is 0 Å². The Labute approximate surface area is 103 Å². The van der Waals surface area contributed by atoms with Crippen molar-refractivity contribution in [2.45, 2.75) is 32.2 Å². The Balaban J connectivity index is 2.57. The van der Waals surface area contributed by atoms with E-state index >= 15 is 0 Å². The molecular weight excluding hydrogens is 236 g/mol. The van der Waals surface area contributed by atoms with Gasteiger partial charge in [0.25, 0.3) is 0 Å². The number of carboxylic acid groups (broad SMARTS) is 1. The average Bonchev–Trinajstić information content (AvgIpc) is 3.01. The van der Waals surface area contributed by atoms with Crippen LogP contribution in [0.1, 0.15) is 26.7 Å². The van der Waals surface area contributed by atoms with E-state index in [-0.39, 0.29) is 0 Å². The van der Waals surface area contributed by atoms with Crippen molar-refractivity contribution in [1.29, 1.82) is 0 Å². The lowest BCUT2D eigenvalue weighted by Crippen LogP contribution is -2.42. The van der Waals surface area contributed by atoms with Crippen LogP contribution in [0.4, 0.5) is 0 Å².